The van der Waals surface area contributed by atoms with Gasteiger partial charge in [0, 0.05) is 18.2 Å². The molecule has 0 bridgehead atoms. The minimum atomic E-state index is -0.794. The van der Waals surface area contributed by atoms with Crippen LogP contribution in [0, 0.1) is 11.1 Å². The Morgan fingerprint density at radius 1 is 1.38 bits per heavy atom. The Hall–Kier alpha value is -2.11. The fourth-order valence-corrected chi connectivity index (χ4v) is 2.57. The summed E-state index contributed by atoms with van der Waals surface area (Å²) < 4.78 is 5.30. The minimum Gasteiger partial charge on any atom is -0.618 e. The Morgan fingerprint density at radius 2 is 2.14 bits per heavy atom. The van der Waals surface area contributed by atoms with Crippen molar-refractivity contribution in [1.82, 2.24) is 5.32 Å². The largest absolute Gasteiger partial charge is 0.618 e. The second kappa shape index (κ2) is 7.06. The van der Waals surface area contributed by atoms with Crippen molar-refractivity contribution < 1.29 is 19.1 Å². The van der Waals surface area contributed by atoms with Gasteiger partial charge in [0.1, 0.15) is 0 Å². The summed E-state index contributed by atoms with van der Waals surface area (Å²) in [5.41, 5.74) is -0.128. The van der Waals surface area contributed by atoms with Crippen molar-refractivity contribution in [3.05, 3.63) is 35.3 Å². The van der Waals surface area contributed by atoms with Gasteiger partial charge >= 0.3 is 11.7 Å². The Kier molecular flexibility index (Phi) is 5.14. The third kappa shape index (κ3) is 4.18. The van der Waals surface area contributed by atoms with E-state index in [0.717, 1.165) is 19.3 Å². The van der Waals surface area contributed by atoms with Gasteiger partial charge in [-0.1, -0.05) is 19.8 Å². The Morgan fingerprint density at radius 3 is 2.86 bits per heavy atom. The van der Waals surface area contributed by atoms with Gasteiger partial charge in [0.05, 0.1) is 0 Å². The van der Waals surface area contributed by atoms with Crippen LogP contribution in [0.5, 0.6) is 0 Å². The molecule has 114 valence electrons. The molecule has 6 nitrogen and oxygen atoms in total. The van der Waals surface area contributed by atoms with Gasteiger partial charge in [-0.25, -0.2) is 4.79 Å². The molecule has 1 N–H and O–H groups in total. The molecule has 1 saturated carbocycles. The Bertz CT molecular complexity index is 518. The summed E-state index contributed by atoms with van der Waals surface area (Å²) in [6, 6.07) is 4.58. The molecule has 6 heteroatoms. The maximum absolute atomic E-state index is 11.8. The molecule has 1 aromatic rings. The number of hydrogen-bond acceptors (Lipinski definition) is 4. The van der Waals surface area contributed by atoms with Crippen LogP contribution in [0.2, 0.25) is 0 Å². The standard InChI is InChI=1S/C15H20N2O4/c1-11-6-2-3-7-12(11)16-14(18)10-21-15(19)13-8-4-5-9-17(13)20/h4-5,8-9,11-12H,2-3,6-7,10H2,1H3,(H,16,18)/t11-,12+/m0/s1. The molecule has 2 rings (SSSR count). The number of aromatic nitrogens is 1. The molecule has 0 radical (unpaired) electrons. The number of amides is 1. The first kappa shape index (κ1) is 15.3. The van der Waals surface area contributed by atoms with Crippen LogP contribution in [-0.2, 0) is 9.53 Å². The highest BCUT2D eigenvalue weighted by Crippen LogP contribution is 2.23. The fraction of sp³-hybridized carbons (Fsp3) is 0.533. The fourth-order valence-electron chi connectivity index (χ4n) is 2.57. The molecule has 1 heterocycles. The van der Waals surface area contributed by atoms with Crippen LogP contribution in [0.3, 0.4) is 0 Å². The van der Waals surface area contributed by atoms with Crippen molar-refractivity contribution in [2.24, 2.45) is 5.92 Å². The van der Waals surface area contributed by atoms with E-state index in [4.69, 9.17) is 4.74 Å². The molecule has 1 amide bonds. The van der Waals surface area contributed by atoms with Crippen molar-refractivity contribution in [2.75, 3.05) is 6.61 Å². The normalized spacial score (nSPS) is 21.6. The summed E-state index contributed by atoms with van der Waals surface area (Å²) in [5, 5.41) is 14.3. The summed E-state index contributed by atoms with van der Waals surface area (Å²) in [5.74, 6) is -0.677. The van der Waals surface area contributed by atoms with Crippen LogP contribution in [0.1, 0.15) is 43.1 Å². The summed E-state index contributed by atoms with van der Waals surface area (Å²) in [6.07, 6.45) is 5.57. The first-order chi connectivity index (χ1) is 10.1. The third-order valence-corrected chi connectivity index (χ3v) is 3.83. The highest BCUT2D eigenvalue weighted by molar-refractivity contribution is 5.88. The molecule has 0 unspecified atom stereocenters. The van der Waals surface area contributed by atoms with Crippen LogP contribution >= 0.6 is 0 Å². The molecule has 2 atom stereocenters. The van der Waals surface area contributed by atoms with Gasteiger partial charge in [-0.15, -0.1) is 0 Å². The number of esters is 1. The van der Waals surface area contributed by atoms with E-state index in [0.29, 0.717) is 10.6 Å². The number of rotatable bonds is 4. The van der Waals surface area contributed by atoms with Crippen molar-refractivity contribution in [3.63, 3.8) is 0 Å². The van der Waals surface area contributed by atoms with Gasteiger partial charge in [0.25, 0.3) is 5.91 Å². The summed E-state index contributed by atoms with van der Waals surface area (Å²) in [7, 11) is 0. The summed E-state index contributed by atoms with van der Waals surface area (Å²) >= 11 is 0. The van der Waals surface area contributed by atoms with E-state index >= 15 is 0 Å². The van der Waals surface area contributed by atoms with Crippen molar-refractivity contribution >= 4 is 11.9 Å². The van der Waals surface area contributed by atoms with Crippen LogP contribution in [0.4, 0.5) is 0 Å². The number of carbonyl (C=O) groups excluding carboxylic acids is 2. The van der Waals surface area contributed by atoms with E-state index in [2.05, 4.69) is 12.2 Å². The van der Waals surface area contributed by atoms with Gasteiger partial charge in [-0.2, -0.15) is 4.73 Å². The number of hydrogen-bond donors (Lipinski definition) is 1. The lowest BCUT2D eigenvalue weighted by atomic mass is 9.86. The molecule has 0 spiro atoms. The van der Waals surface area contributed by atoms with Crippen molar-refractivity contribution in [3.8, 4) is 0 Å². The monoisotopic (exact) mass is 292 g/mol. The number of pyridine rings is 1. The van der Waals surface area contributed by atoms with E-state index in [1.165, 1.54) is 24.8 Å². The second-order valence-corrected chi connectivity index (χ2v) is 5.42. The first-order valence-electron chi connectivity index (χ1n) is 7.22. The molecule has 1 aliphatic rings. The van der Waals surface area contributed by atoms with Crippen LogP contribution in [-0.4, -0.2) is 24.5 Å². The lowest BCUT2D eigenvalue weighted by Crippen LogP contribution is -2.43. The zero-order valence-electron chi connectivity index (χ0n) is 12.1. The summed E-state index contributed by atoms with van der Waals surface area (Å²) in [6.45, 7) is 1.75. The lowest BCUT2D eigenvalue weighted by molar-refractivity contribution is -0.608. The van der Waals surface area contributed by atoms with Crippen LogP contribution < -0.4 is 10.0 Å². The quantitative estimate of drug-likeness (QED) is 0.513. The van der Waals surface area contributed by atoms with Crippen LogP contribution in [0.15, 0.2) is 24.4 Å². The molecule has 0 saturated heterocycles. The number of nitrogens with one attached hydrogen (secondary N) is 1. The zero-order valence-corrected chi connectivity index (χ0v) is 12.1. The minimum absolute atomic E-state index is 0.128. The number of ether oxygens (including phenoxy) is 1. The third-order valence-electron chi connectivity index (χ3n) is 3.83. The molecular weight excluding hydrogens is 272 g/mol. The highest BCUT2D eigenvalue weighted by Gasteiger charge is 2.24. The smallest absolute Gasteiger partial charge is 0.405 e. The van der Waals surface area contributed by atoms with Crippen molar-refractivity contribution in [1.29, 1.82) is 0 Å². The van der Waals surface area contributed by atoms with E-state index in [-0.39, 0.29) is 24.2 Å². The zero-order chi connectivity index (χ0) is 15.2. The van der Waals surface area contributed by atoms with Crippen molar-refractivity contribution in [2.45, 2.75) is 38.6 Å². The van der Waals surface area contributed by atoms with E-state index in [1.54, 1.807) is 6.07 Å². The van der Waals surface area contributed by atoms with E-state index in [9.17, 15) is 14.8 Å². The Balaban J connectivity index is 1.81. The van der Waals surface area contributed by atoms with Gasteiger partial charge in [0.2, 0.25) is 0 Å². The highest BCUT2D eigenvalue weighted by atomic mass is 16.5. The molecular formula is C15H20N2O4. The van der Waals surface area contributed by atoms with Gasteiger partial charge in [-0.05, 0) is 24.8 Å². The molecule has 1 aliphatic carbocycles. The average molecular weight is 292 g/mol. The molecule has 0 aromatic carbocycles. The van der Waals surface area contributed by atoms with Gasteiger partial charge in [-0.3, -0.25) is 4.79 Å². The molecule has 1 fully saturated rings. The van der Waals surface area contributed by atoms with E-state index < -0.39 is 5.97 Å². The number of nitrogens with zero attached hydrogens (tertiary/aromatic N) is 1. The maximum atomic E-state index is 11.8. The second-order valence-electron chi connectivity index (χ2n) is 5.42. The summed E-state index contributed by atoms with van der Waals surface area (Å²) in [4.78, 5) is 23.5. The first-order valence-corrected chi connectivity index (χ1v) is 7.22. The average Bonchev–Trinajstić information content (AvgIpc) is 2.48. The SMILES string of the molecule is C[C@H]1CCCC[C@H]1NC(=O)COC(=O)c1cccc[n+]1[O-]. The lowest BCUT2D eigenvalue weighted by Gasteiger charge is -2.29. The molecule has 0 aliphatic heterocycles. The van der Waals surface area contributed by atoms with Gasteiger partial charge in [0.15, 0.2) is 12.8 Å². The van der Waals surface area contributed by atoms with Crippen LogP contribution in [0.25, 0.3) is 0 Å². The van der Waals surface area contributed by atoms with E-state index in [1.807, 2.05) is 0 Å². The number of carbonyl (C=O) groups is 2. The predicted octanol–water partition coefficient (Wildman–Crippen LogP) is 1.17. The van der Waals surface area contributed by atoms with Gasteiger partial charge < -0.3 is 15.3 Å². The maximum Gasteiger partial charge on any atom is 0.405 e. The molecule has 1 aromatic heterocycles. The predicted molar refractivity (Wildman–Crippen MR) is 75.2 cm³/mol. The topological polar surface area (TPSA) is 82.3 Å². The molecule has 21 heavy (non-hydrogen) atoms. The Labute approximate surface area is 123 Å².